The summed E-state index contributed by atoms with van der Waals surface area (Å²) in [5.41, 5.74) is -1.53. The maximum Gasteiger partial charge on any atom is 0.282 e. The lowest BCUT2D eigenvalue weighted by molar-refractivity contribution is 0.141. The van der Waals surface area contributed by atoms with Crippen molar-refractivity contribution in [3.63, 3.8) is 0 Å². The van der Waals surface area contributed by atoms with Crippen molar-refractivity contribution in [2.24, 2.45) is 0 Å². The van der Waals surface area contributed by atoms with Crippen molar-refractivity contribution in [2.75, 3.05) is 0 Å². The molecule has 6 heteroatoms. The SMILES string of the molecule is O=c1cc(I)[nH]c(C(F)F)c1O. The van der Waals surface area contributed by atoms with E-state index in [1.165, 1.54) is 0 Å². The van der Waals surface area contributed by atoms with Crippen LogP contribution < -0.4 is 5.43 Å². The number of H-pyrrole nitrogens is 1. The zero-order chi connectivity index (χ0) is 9.30. The van der Waals surface area contributed by atoms with Gasteiger partial charge in [-0.3, -0.25) is 4.79 Å². The molecule has 1 aromatic heterocycles. The Labute approximate surface area is 79.6 Å². The van der Waals surface area contributed by atoms with Gasteiger partial charge in [0.15, 0.2) is 5.75 Å². The third-order valence-electron chi connectivity index (χ3n) is 1.22. The molecular formula is C6H4F2INO2. The molecule has 0 aliphatic carbocycles. The molecule has 0 fully saturated rings. The molecule has 0 aliphatic heterocycles. The van der Waals surface area contributed by atoms with E-state index < -0.39 is 23.3 Å². The molecule has 0 saturated carbocycles. The first kappa shape index (κ1) is 9.43. The van der Waals surface area contributed by atoms with Crippen LogP contribution in [0.5, 0.6) is 5.75 Å². The number of halogens is 3. The minimum atomic E-state index is -2.87. The van der Waals surface area contributed by atoms with Crippen LogP contribution in [0.4, 0.5) is 8.78 Å². The van der Waals surface area contributed by atoms with Crippen LogP contribution in [0.3, 0.4) is 0 Å². The Morgan fingerprint density at radius 3 is 2.67 bits per heavy atom. The molecular weight excluding hydrogens is 283 g/mol. The van der Waals surface area contributed by atoms with E-state index in [0.717, 1.165) is 6.07 Å². The predicted molar refractivity (Wildman–Crippen MR) is 46.4 cm³/mol. The van der Waals surface area contributed by atoms with Crippen molar-refractivity contribution in [2.45, 2.75) is 6.43 Å². The Hall–Kier alpha value is -0.660. The van der Waals surface area contributed by atoms with Crippen LogP contribution in [0.2, 0.25) is 0 Å². The number of aromatic hydroxyl groups is 1. The predicted octanol–water partition coefficient (Wildman–Crippen LogP) is 1.62. The van der Waals surface area contributed by atoms with Gasteiger partial charge in [0.25, 0.3) is 6.43 Å². The van der Waals surface area contributed by atoms with Crippen LogP contribution in [0, 0.1) is 3.70 Å². The summed E-state index contributed by atoms with van der Waals surface area (Å²) in [6, 6.07) is 1.04. The van der Waals surface area contributed by atoms with Crippen LogP contribution in [0.25, 0.3) is 0 Å². The van der Waals surface area contributed by atoms with Gasteiger partial charge in [0.05, 0.1) is 3.70 Å². The lowest BCUT2D eigenvalue weighted by Crippen LogP contribution is -2.06. The quantitative estimate of drug-likeness (QED) is 0.609. The third-order valence-corrected chi connectivity index (χ3v) is 1.80. The highest BCUT2D eigenvalue weighted by atomic mass is 127. The van der Waals surface area contributed by atoms with Crippen molar-refractivity contribution in [1.29, 1.82) is 0 Å². The van der Waals surface area contributed by atoms with Gasteiger partial charge in [-0.05, 0) is 22.6 Å². The van der Waals surface area contributed by atoms with E-state index in [1.54, 1.807) is 22.6 Å². The molecule has 0 amide bonds. The van der Waals surface area contributed by atoms with E-state index in [-0.39, 0.29) is 3.70 Å². The van der Waals surface area contributed by atoms with Gasteiger partial charge in [0.1, 0.15) is 5.69 Å². The van der Waals surface area contributed by atoms with Crippen LogP contribution in [0.1, 0.15) is 12.1 Å². The molecule has 0 unspecified atom stereocenters. The second kappa shape index (κ2) is 3.38. The van der Waals surface area contributed by atoms with Crippen molar-refractivity contribution >= 4 is 22.6 Å². The summed E-state index contributed by atoms with van der Waals surface area (Å²) in [4.78, 5) is 13.0. The Bertz CT molecular complexity index is 350. The fraction of sp³-hybridized carbons (Fsp3) is 0.167. The highest BCUT2D eigenvalue weighted by Gasteiger charge is 2.16. The first-order chi connectivity index (χ1) is 5.52. The largest absolute Gasteiger partial charge is 0.503 e. The van der Waals surface area contributed by atoms with Gasteiger partial charge in [-0.2, -0.15) is 0 Å². The molecule has 0 bridgehead atoms. The number of aromatic amines is 1. The lowest BCUT2D eigenvalue weighted by Gasteiger charge is -2.02. The van der Waals surface area contributed by atoms with Crippen molar-refractivity contribution in [3.8, 4) is 5.75 Å². The van der Waals surface area contributed by atoms with E-state index in [4.69, 9.17) is 5.11 Å². The number of nitrogens with one attached hydrogen (secondary N) is 1. The van der Waals surface area contributed by atoms with Gasteiger partial charge in [0.2, 0.25) is 5.43 Å². The standard InChI is InChI=1S/C6H4F2INO2/c7-6(8)4-5(12)2(11)1-3(9)10-4/h1,6,12H,(H,10,11). The Kier molecular flexibility index (Phi) is 2.65. The smallest absolute Gasteiger partial charge is 0.282 e. The van der Waals surface area contributed by atoms with E-state index in [9.17, 15) is 13.6 Å². The van der Waals surface area contributed by atoms with Crippen molar-refractivity contribution < 1.29 is 13.9 Å². The maximum atomic E-state index is 12.1. The Morgan fingerprint density at radius 2 is 2.17 bits per heavy atom. The van der Waals surface area contributed by atoms with Crippen LogP contribution in [-0.2, 0) is 0 Å². The molecule has 0 aromatic carbocycles. The molecule has 0 spiro atoms. The summed E-state index contributed by atoms with van der Waals surface area (Å²) in [6.07, 6.45) is -2.87. The van der Waals surface area contributed by atoms with Crippen LogP contribution in [0.15, 0.2) is 10.9 Å². The Balaban J connectivity index is 3.38. The third kappa shape index (κ3) is 1.74. The summed E-state index contributed by atoms with van der Waals surface area (Å²) in [5, 5.41) is 8.87. The molecule has 0 aliphatic rings. The zero-order valence-corrected chi connectivity index (χ0v) is 7.80. The van der Waals surface area contributed by atoms with Crippen molar-refractivity contribution in [1.82, 2.24) is 4.98 Å². The molecule has 1 rings (SSSR count). The van der Waals surface area contributed by atoms with Gasteiger partial charge in [0, 0.05) is 6.07 Å². The Morgan fingerprint density at radius 1 is 1.58 bits per heavy atom. The molecule has 0 atom stereocenters. The monoisotopic (exact) mass is 287 g/mol. The van der Waals surface area contributed by atoms with Gasteiger partial charge >= 0.3 is 0 Å². The van der Waals surface area contributed by atoms with E-state index in [2.05, 4.69) is 4.98 Å². The normalized spacial score (nSPS) is 10.7. The van der Waals surface area contributed by atoms with Crippen molar-refractivity contribution in [3.05, 3.63) is 25.7 Å². The topological polar surface area (TPSA) is 53.1 Å². The molecule has 1 heterocycles. The highest BCUT2D eigenvalue weighted by Crippen LogP contribution is 2.23. The van der Waals surface area contributed by atoms with Crippen LogP contribution >= 0.6 is 22.6 Å². The fourth-order valence-electron chi connectivity index (χ4n) is 0.698. The summed E-state index contributed by atoms with van der Waals surface area (Å²) in [7, 11) is 0. The number of hydrogen-bond donors (Lipinski definition) is 2. The number of pyridine rings is 1. The molecule has 0 saturated heterocycles. The molecule has 2 N–H and O–H groups in total. The molecule has 0 radical (unpaired) electrons. The van der Waals surface area contributed by atoms with E-state index in [0.29, 0.717) is 0 Å². The van der Waals surface area contributed by atoms with Gasteiger partial charge in [-0.25, -0.2) is 8.78 Å². The maximum absolute atomic E-state index is 12.1. The number of hydrogen-bond acceptors (Lipinski definition) is 2. The zero-order valence-electron chi connectivity index (χ0n) is 5.64. The van der Waals surface area contributed by atoms with Crippen LogP contribution in [-0.4, -0.2) is 10.1 Å². The number of aromatic nitrogens is 1. The highest BCUT2D eigenvalue weighted by molar-refractivity contribution is 14.1. The average Bonchev–Trinajstić information content (AvgIpc) is 1.96. The first-order valence-corrected chi connectivity index (χ1v) is 4.00. The minimum Gasteiger partial charge on any atom is -0.503 e. The van der Waals surface area contributed by atoms with E-state index in [1.807, 2.05) is 0 Å². The molecule has 66 valence electrons. The second-order valence-corrected chi connectivity index (χ2v) is 3.21. The van der Waals surface area contributed by atoms with Gasteiger partial charge in [-0.1, -0.05) is 0 Å². The summed E-state index contributed by atoms with van der Waals surface area (Å²) < 4.78 is 24.4. The average molecular weight is 287 g/mol. The fourth-order valence-corrected chi connectivity index (χ4v) is 1.27. The number of alkyl halides is 2. The second-order valence-electron chi connectivity index (χ2n) is 2.04. The lowest BCUT2D eigenvalue weighted by atomic mass is 10.3. The van der Waals surface area contributed by atoms with Gasteiger partial charge in [-0.15, -0.1) is 0 Å². The van der Waals surface area contributed by atoms with E-state index >= 15 is 0 Å². The first-order valence-electron chi connectivity index (χ1n) is 2.92. The summed E-state index contributed by atoms with van der Waals surface area (Å²) in [5.74, 6) is -0.912. The summed E-state index contributed by atoms with van der Waals surface area (Å²) in [6.45, 7) is 0. The molecule has 12 heavy (non-hydrogen) atoms. The summed E-state index contributed by atoms with van der Waals surface area (Å²) >= 11 is 1.68. The molecule has 1 aromatic rings. The minimum absolute atomic E-state index is 0.269. The van der Waals surface area contributed by atoms with Gasteiger partial charge < -0.3 is 10.1 Å². The molecule has 3 nitrogen and oxygen atoms in total. The number of rotatable bonds is 1.